The van der Waals surface area contributed by atoms with Crippen molar-refractivity contribution in [2.75, 3.05) is 19.8 Å². The Hall–Kier alpha value is -1.87. The van der Waals surface area contributed by atoms with Gasteiger partial charge in [0.25, 0.3) is 0 Å². The van der Waals surface area contributed by atoms with Crippen molar-refractivity contribution in [1.29, 1.82) is 0 Å². The van der Waals surface area contributed by atoms with Gasteiger partial charge in [0.1, 0.15) is 6.61 Å². The van der Waals surface area contributed by atoms with Crippen molar-refractivity contribution in [3.8, 4) is 0 Å². The molecule has 2 saturated heterocycles. The molecule has 0 N–H and O–H groups in total. The van der Waals surface area contributed by atoms with Gasteiger partial charge in [-0.1, -0.05) is 67.4 Å². The van der Waals surface area contributed by atoms with Crippen molar-refractivity contribution >= 4 is 41.2 Å². The van der Waals surface area contributed by atoms with Crippen LogP contribution < -0.4 is 0 Å². The number of hydrogen-bond donors (Lipinski definition) is 0. The Kier molecular flexibility index (Phi) is 6.31. The summed E-state index contributed by atoms with van der Waals surface area (Å²) in [5.74, 6) is -1.01. The van der Waals surface area contributed by atoms with Gasteiger partial charge in [0.15, 0.2) is 11.6 Å². The highest BCUT2D eigenvalue weighted by atomic mass is 35.5. The van der Waals surface area contributed by atoms with Crippen LogP contribution in [0.5, 0.6) is 0 Å². The number of benzene rings is 1. The molecule has 2 aliphatic carbocycles. The van der Waals surface area contributed by atoms with Gasteiger partial charge in [0, 0.05) is 0 Å². The first kappa shape index (κ1) is 24.8. The zero-order chi connectivity index (χ0) is 25.0. The molecule has 4 fully saturated rings. The molecule has 4 bridgehead atoms. The van der Waals surface area contributed by atoms with Crippen LogP contribution in [-0.2, 0) is 35.1 Å². The van der Waals surface area contributed by atoms with Crippen molar-refractivity contribution in [3.05, 3.63) is 35.9 Å². The van der Waals surface area contributed by atoms with Crippen LogP contribution in [0.25, 0.3) is 0 Å². The van der Waals surface area contributed by atoms with E-state index in [0.29, 0.717) is 12.8 Å². The molecule has 2 saturated carbocycles. The van der Waals surface area contributed by atoms with Crippen molar-refractivity contribution in [2.45, 2.75) is 62.3 Å². The molecule has 5 rings (SSSR count). The highest BCUT2D eigenvalue weighted by Gasteiger charge is 2.72. The van der Waals surface area contributed by atoms with Gasteiger partial charge in [-0.3, -0.25) is 4.79 Å². The summed E-state index contributed by atoms with van der Waals surface area (Å²) in [4.78, 5) is 39.2. The lowest BCUT2D eigenvalue weighted by atomic mass is 9.67. The van der Waals surface area contributed by atoms with Crippen molar-refractivity contribution < 1.29 is 33.3 Å². The third-order valence-corrected chi connectivity index (χ3v) is 9.38. The number of cyclic esters (lactones) is 1. The number of carbonyl (C=O) groups is 3. The zero-order valence-corrected chi connectivity index (χ0v) is 21.2. The second kappa shape index (κ2) is 8.91. The highest BCUT2D eigenvalue weighted by molar-refractivity contribution is 6.36. The Morgan fingerprint density at radius 2 is 1.89 bits per heavy atom. The van der Waals surface area contributed by atoms with Gasteiger partial charge in [0.05, 0.1) is 31.3 Å². The first-order chi connectivity index (χ1) is 16.6. The number of alkyl halides is 2. The quantitative estimate of drug-likeness (QED) is 0.334. The van der Waals surface area contributed by atoms with Crippen LogP contribution in [-0.4, -0.2) is 65.3 Å². The van der Waals surface area contributed by atoms with Crippen LogP contribution >= 0.6 is 23.2 Å². The van der Waals surface area contributed by atoms with Crippen LogP contribution in [0, 0.1) is 16.7 Å². The van der Waals surface area contributed by atoms with Crippen molar-refractivity contribution in [3.63, 3.8) is 0 Å². The summed E-state index contributed by atoms with van der Waals surface area (Å²) in [5, 5.41) is 0. The maximum Gasteiger partial charge on any atom is 0.418 e. The first-order valence-corrected chi connectivity index (χ1v) is 12.7. The van der Waals surface area contributed by atoms with Crippen LogP contribution in [0.4, 0.5) is 4.79 Å². The lowest BCUT2D eigenvalue weighted by Gasteiger charge is -2.42. The van der Waals surface area contributed by atoms with Crippen molar-refractivity contribution in [1.82, 2.24) is 4.90 Å². The van der Waals surface area contributed by atoms with E-state index in [1.54, 1.807) is 0 Å². The molecule has 8 nitrogen and oxygen atoms in total. The first-order valence-electron chi connectivity index (χ1n) is 11.9. The van der Waals surface area contributed by atoms with Crippen LogP contribution in [0.3, 0.4) is 0 Å². The molecule has 2 amide bonds. The summed E-state index contributed by atoms with van der Waals surface area (Å²) in [6.07, 6.45) is -0.564. The predicted octanol–water partition coefficient (Wildman–Crippen LogP) is 3.86. The lowest BCUT2D eigenvalue weighted by Crippen LogP contribution is -2.58. The molecule has 35 heavy (non-hydrogen) atoms. The van der Waals surface area contributed by atoms with E-state index in [1.165, 1.54) is 0 Å². The van der Waals surface area contributed by atoms with Gasteiger partial charge >= 0.3 is 12.1 Å². The van der Waals surface area contributed by atoms with Gasteiger partial charge in [-0.25, -0.2) is 14.5 Å². The SMILES string of the molecule is CC1(C)[C@H]2CC[C@@]13C(=O)N1C(=O)O[C@@H]([C@H]1Cl)C(Cl)(COCc1ccccc1)C(=O)OCCO[C@H]3C2. The van der Waals surface area contributed by atoms with E-state index < -0.39 is 51.4 Å². The van der Waals surface area contributed by atoms with Gasteiger partial charge in [-0.2, -0.15) is 0 Å². The fraction of sp³-hybridized carbons (Fsp3) is 0.640. The average molecular weight is 526 g/mol. The molecule has 1 spiro atoms. The summed E-state index contributed by atoms with van der Waals surface area (Å²) in [6.45, 7) is 3.97. The minimum Gasteiger partial charge on any atom is -0.462 e. The van der Waals surface area contributed by atoms with E-state index in [0.717, 1.165) is 16.9 Å². The molecular formula is C25H29Cl2NO7. The number of imide groups is 1. The summed E-state index contributed by atoms with van der Waals surface area (Å²) in [5.41, 5.74) is -1.78. The minimum absolute atomic E-state index is 0.0603. The van der Waals surface area contributed by atoms with E-state index in [4.69, 9.17) is 42.1 Å². The number of fused-ring (bicyclic) bond motifs is 3. The largest absolute Gasteiger partial charge is 0.462 e. The highest BCUT2D eigenvalue weighted by Crippen LogP contribution is 2.67. The van der Waals surface area contributed by atoms with Crippen molar-refractivity contribution in [2.24, 2.45) is 16.7 Å². The fourth-order valence-corrected chi connectivity index (χ4v) is 7.20. The average Bonchev–Trinajstić information content (AvgIpc) is 3.36. The maximum absolute atomic E-state index is 14.1. The summed E-state index contributed by atoms with van der Waals surface area (Å²) < 4.78 is 22.8. The van der Waals surface area contributed by atoms with Gasteiger partial charge < -0.3 is 18.9 Å². The van der Waals surface area contributed by atoms with Crippen LogP contribution in [0.2, 0.25) is 0 Å². The molecular weight excluding hydrogens is 497 g/mol. The molecule has 1 unspecified atom stereocenters. The van der Waals surface area contributed by atoms with E-state index in [2.05, 4.69) is 0 Å². The van der Waals surface area contributed by atoms with Gasteiger partial charge in [0.2, 0.25) is 10.8 Å². The number of hydrogen-bond acceptors (Lipinski definition) is 7. The Bertz CT molecular complexity index is 1020. The van der Waals surface area contributed by atoms with E-state index in [1.807, 2.05) is 44.2 Å². The number of nitrogens with zero attached hydrogens (tertiary/aromatic N) is 1. The fourth-order valence-electron chi connectivity index (χ4n) is 6.40. The predicted molar refractivity (Wildman–Crippen MR) is 126 cm³/mol. The summed E-state index contributed by atoms with van der Waals surface area (Å²) in [6, 6.07) is 9.34. The maximum atomic E-state index is 14.1. The Morgan fingerprint density at radius 1 is 1.14 bits per heavy atom. The van der Waals surface area contributed by atoms with Crippen LogP contribution in [0.1, 0.15) is 38.7 Å². The third kappa shape index (κ3) is 3.67. The number of carbonyl (C=O) groups excluding carboxylic acids is 3. The smallest absolute Gasteiger partial charge is 0.418 e. The topological polar surface area (TPSA) is 91.4 Å². The number of halogens is 2. The summed E-state index contributed by atoms with van der Waals surface area (Å²) >= 11 is 13.5. The number of rotatable bonds is 4. The molecule has 1 aromatic carbocycles. The molecule has 1 aromatic rings. The standard InChI is InChI=1S/C25H29Cl2NO7/c1-23(2)16-8-9-24(23)17(12-16)33-10-11-34-21(30)25(27,14-32-13-15-6-4-3-5-7-15)18-19(26)28(20(24)29)22(31)35-18/h3-7,16-19H,8-14H2,1-2H3/t16-,17-,18-,19-,24+,25?/m0/s1. The molecule has 4 aliphatic rings. The Balaban J connectivity index is 1.46. The van der Waals surface area contributed by atoms with Gasteiger partial charge in [-0.15, -0.1) is 0 Å². The van der Waals surface area contributed by atoms with E-state index in [-0.39, 0.29) is 32.3 Å². The molecule has 6 atom stereocenters. The Labute approximate surface area is 214 Å². The molecule has 2 aliphatic heterocycles. The normalized spacial score (nSPS) is 38.4. The van der Waals surface area contributed by atoms with Crippen LogP contribution in [0.15, 0.2) is 30.3 Å². The number of amides is 2. The van der Waals surface area contributed by atoms with E-state index in [9.17, 15) is 14.4 Å². The zero-order valence-electron chi connectivity index (χ0n) is 19.7. The molecule has 0 aromatic heterocycles. The minimum atomic E-state index is -1.95. The number of ether oxygens (including phenoxy) is 4. The summed E-state index contributed by atoms with van der Waals surface area (Å²) in [7, 11) is 0. The third-order valence-electron chi connectivity index (χ3n) is 8.48. The van der Waals surface area contributed by atoms with E-state index >= 15 is 0 Å². The monoisotopic (exact) mass is 525 g/mol. The molecule has 190 valence electrons. The second-order valence-electron chi connectivity index (χ2n) is 10.4. The Morgan fingerprint density at radius 3 is 2.60 bits per heavy atom. The second-order valence-corrected chi connectivity index (χ2v) is 11.5. The molecule has 0 radical (unpaired) electrons. The van der Waals surface area contributed by atoms with Gasteiger partial charge in [-0.05, 0) is 36.2 Å². The lowest BCUT2D eigenvalue weighted by molar-refractivity contribution is -0.164. The number of esters is 1. The molecule has 2 heterocycles. The molecule has 10 heteroatoms.